The molecule has 0 fully saturated rings. The highest BCUT2D eigenvalue weighted by Gasteiger charge is 2.17. The summed E-state index contributed by atoms with van der Waals surface area (Å²) in [4.78, 5) is 20.4. The van der Waals surface area contributed by atoms with Gasteiger partial charge in [-0.1, -0.05) is 12.1 Å². The van der Waals surface area contributed by atoms with E-state index in [9.17, 15) is 22.4 Å². The van der Waals surface area contributed by atoms with Crippen LogP contribution in [0.3, 0.4) is 0 Å². The van der Waals surface area contributed by atoms with Crippen LogP contribution in [0, 0.1) is 30.2 Å². The Labute approximate surface area is 157 Å². The Morgan fingerprint density at radius 2 is 1.68 bits per heavy atom. The van der Waals surface area contributed by atoms with Gasteiger partial charge in [0.05, 0.1) is 5.69 Å². The molecule has 0 atom stereocenters. The molecule has 0 bridgehead atoms. The number of aryl methyl sites for hydroxylation is 1. The molecule has 144 valence electrons. The highest BCUT2D eigenvalue weighted by atomic mass is 19.2. The van der Waals surface area contributed by atoms with Gasteiger partial charge < -0.3 is 10.6 Å². The summed E-state index contributed by atoms with van der Waals surface area (Å²) >= 11 is 0. The maximum Gasteiger partial charge on any atom is 0.274 e. The fourth-order valence-corrected chi connectivity index (χ4v) is 2.38. The number of benzene rings is 2. The molecule has 1 heterocycles. The first kappa shape index (κ1) is 19.3. The third-order valence-electron chi connectivity index (χ3n) is 3.74. The molecule has 0 radical (unpaired) electrons. The maximum absolute atomic E-state index is 13.7. The predicted octanol–water partition coefficient (Wildman–Crippen LogP) is 4.21. The van der Waals surface area contributed by atoms with E-state index in [0.717, 1.165) is 11.6 Å². The third-order valence-corrected chi connectivity index (χ3v) is 3.74. The van der Waals surface area contributed by atoms with Crippen molar-refractivity contribution in [2.45, 2.75) is 13.5 Å². The summed E-state index contributed by atoms with van der Waals surface area (Å²) in [6.07, 6.45) is 0. The fourth-order valence-electron chi connectivity index (χ4n) is 2.38. The van der Waals surface area contributed by atoms with Crippen molar-refractivity contribution in [1.29, 1.82) is 0 Å². The Bertz CT molecular complexity index is 1030. The van der Waals surface area contributed by atoms with Crippen molar-refractivity contribution in [3.63, 3.8) is 0 Å². The molecule has 0 aliphatic rings. The van der Waals surface area contributed by atoms with E-state index >= 15 is 0 Å². The Balaban J connectivity index is 1.76. The van der Waals surface area contributed by atoms with Crippen LogP contribution in [0.4, 0.5) is 29.1 Å². The number of halogens is 4. The van der Waals surface area contributed by atoms with E-state index in [2.05, 4.69) is 20.6 Å². The van der Waals surface area contributed by atoms with Crippen molar-refractivity contribution in [1.82, 2.24) is 9.97 Å². The van der Waals surface area contributed by atoms with E-state index < -0.39 is 29.0 Å². The zero-order valence-electron chi connectivity index (χ0n) is 14.6. The number of hydrogen-bond donors (Lipinski definition) is 2. The smallest absolute Gasteiger partial charge is 0.274 e. The lowest BCUT2D eigenvalue weighted by Crippen LogP contribution is -2.17. The summed E-state index contributed by atoms with van der Waals surface area (Å²) < 4.78 is 53.0. The first-order valence-corrected chi connectivity index (χ1v) is 8.12. The molecule has 0 aliphatic carbocycles. The van der Waals surface area contributed by atoms with Crippen LogP contribution < -0.4 is 10.6 Å². The van der Waals surface area contributed by atoms with Gasteiger partial charge >= 0.3 is 0 Å². The first-order chi connectivity index (χ1) is 13.3. The van der Waals surface area contributed by atoms with Gasteiger partial charge in [-0.15, -0.1) is 0 Å². The van der Waals surface area contributed by atoms with Crippen LogP contribution in [0.1, 0.15) is 21.9 Å². The molecule has 2 N–H and O–H groups in total. The lowest BCUT2D eigenvalue weighted by atomic mass is 10.2. The molecule has 0 aliphatic heterocycles. The zero-order valence-corrected chi connectivity index (χ0v) is 14.6. The van der Waals surface area contributed by atoms with E-state index in [-0.39, 0.29) is 17.3 Å². The quantitative estimate of drug-likeness (QED) is 0.506. The van der Waals surface area contributed by atoms with Gasteiger partial charge in [0.25, 0.3) is 5.91 Å². The maximum atomic E-state index is 13.7. The van der Waals surface area contributed by atoms with Gasteiger partial charge in [-0.3, -0.25) is 4.79 Å². The first-order valence-electron chi connectivity index (χ1n) is 8.12. The second kappa shape index (κ2) is 8.03. The minimum Gasteiger partial charge on any atom is -0.366 e. The molecule has 9 heteroatoms. The van der Waals surface area contributed by atoms with Gasteiger partial charge in [0.1, 0.15) is 23.2 Å². The molecule has 3 aromatic rings. The number of nitrogens with one attached hydrogen (secondary N) is 2. The van der Waals surface area contributed by atoms with Gasteiger partial charge in [-0.25, -0.2) is 27.5 Å². The highest BCUT2D eigenvalue weighted by molar-refractivity contribution is 6.03. The number of carbonyl (C=O) groups is 1. The molecule has 3 rings (SSSR count). The Hall–Kier alpha value is -3.49. The fraction of sp³-hybridized carbons (Fsp3) is 0.105. The second-order valence-corrected chi connectivity index (χ2v) is 5.84. The van der Waals surface area contributed by atoms with Crippen LogP contribution in [0.2, 0.25) is 0 Å². The Morgan fingerprint density at radius 3 is 2.39 bits per heavy atom. The topological polar surface area (TPSA) is 66.9 Å². The van der Waals surface area contributed by atoms with Gasteiger partial charge in [-0.2, -0.15) is 0 Å². The predicted molar refractivity (Wildman–Crippen MR) is 94.8 cm³/mol. The lowest BCUT2D eigenvalue weighted by molar-refractivity contribution is 0.102. The average Bonchev–Trinajstić information content (AvgIpc) is 2.67. The van der Waals surface area contributed by atoms with Crippen LogP contribution >= 0.6 is 0 Å². The van der Waals surface area contributed by atoms with E-state index in [1.165, 1.54) is 18.2 Å². The number of aromatic nitrogens is 2. The van der Waals surface area contributed by atoms with Crippen molar-refractivity contribution >= 4 is 17.4 Å². The van der Waals surface area contributed by atoms with Crippen LogP contribution in [0.25, 0.3) is 0 Å². The van der Waals surface area contributed by atoms with Crippen molar-refractivity contribution in [2.24, 2.45) is 0 Å². The van der Waals surface area contributed by atoms with Gasteiger partial charge in [0, 0.05) is 12.6 Å². The molecular weight excluding hydrogens is 376 g/mol. The summed E-state index contributed by atoms with van der Waals surface area (Å²) in [5.74, 6) is -5.15. The van der Waals surface area contributed by atoms with Crippen LogP contribution in [-0.2, 0) is 6.54 Å². The standard InChI is InChI=1S/C19H14F4N4O/c1-10-25-15(19(28)27-14-7-6-13(21)17(22)18(14)23)8-16(26-10)24-9-11-2-4-12(20)5-3-11/h2-8H,9H2,1H3,(H,27,28)(H,24,25,26). The van der Waals surface area contributed by atoms with Crippen LogP contribution in [0.5, 0.6) is 0 Å². The van der Waals surface area contributed by atoms with E-state index in [4.69, 9.17) is 0 Å². The third kappa shape index (κ3) is 4.43. The minimum atomic E-state index is -1.68. The minimum absolute atomic E-state index is 0.0989. The molecule has 28 heavy (non-hydrogen) atoms. The highest BCUT2D eigenvalue weighted by Crippen LogP contribution is 2.20. The second-order valence-electron chi connectivity index (χ2n) is 5.84. The SMILES string of the molecule is Cc1nc(NCc2ccc(F)cc2)cc(C(=O)Nc2ccc(F)c(F)c2F)n1. The summed E-state index contributed by atoms with van der Waals surface area (Å²) in [5, 5.41) is 5.12. The van der Waals surface area contributed by atoms with E-state index in [0.29, 0.717) is 18.4 Å². The van der Waals surface area contributed by atoms with Gasteiger partial charge in [0.15, 0.2) is 17.5 Å². The van der Waals surface area contributed by atoms with Crippen molar-refractivity contribution < 1.29 is 22.4 Å². The molecule has 2 aromatic carbocycles. The molecule has 0 unspecified atom stereocenters. The largest absolute Gasteiger partial charge is 0.366 e. The van der Waals surface area contributed by atoms with Crippen LogP contribution in [0.15, 0.2) is 42.5 Å². The number of amides is 1. The number of rotatable bonds is 5. The average molecular weight is 390 g/mol. The molecule has 1 aromatic heterocycles. The van der Waals surface area contributed by atoms with E-state index in [1.54, 1.807) is 19.1 Å². The summed E-state index contributed by atoms with van der Waals surface area (Å²) in [7, 11) is 0. The number of carbonyl (C=O) groups excluding carboxylic acids is 1. The molecule has 0 saturated carbocycles. The zero-order chi connectivity index (χ0) is 20.3. The number of nitrogens with zero attached hydrogens (tertiary/aromatic N) is 2. The summed E-state index contributed by atoms with van der Waals surface area (Å²) in [6, 6.07) is 8.76. The summed E-state index contributed by atoms with van der Waals surface area (Å²) in [6.45, 7) is 1.87. The van der Waals surface area contributed by atoms with Gasteiger partial charge in [-0.05, 0) is 36.8 Å². The normalized spacial score (nSPS) is 10.6. The lowest BCUT2D eigenvalue weighted by Gasteiger charge is -2.10. The number of anilines is 2. The Kier molecular flexibility index (Phi) is 5.53. The monoisotopic (exact) mass is 390 g/mol. The van der Waals surface area contributed by atoms with Crippen molar-refractivity contribution in [3.05, 3.63) is 82.8 Å². The van der Waals surface area contributed by atoms with E-state index in [1.807, 2.05) is 0 Å². The summed E-state index contributed by atoms with van der Waals surface area (Å²) in [5.41, 5.74) is 0.173. The molecular formula is C19H14F4N4O. The Morgan fingerprint density at radius 1 is 0.964 bits per heavy atom. The molecule has 1 amide bonds. The molecule has 0 saturated heterocycles. The van der Waals surface area contributed by atoms with Crippen molar-refractivity contribution in [2.75, 3.05) is 10.6 Å². The van der Waals surface area contributed by atoms with Gasteiger partial charge in [0.2, 0.25) is 0 Å². The number of hydrogen-bond acceptors (Lipinski definition) is 4. The van der Waals surface area contributed by atoms with Crippen LogP contribution in [-0.4, -0.2) is 15.9 Å². The molecule has 5 nitrogen and oxygen atoms in total. The molecule has 0 spiro atoms. The van der Waals surface area contributed by atoms with Crippen molar-refractivity contribution in [3.8, 4) is 0 Å².